The molecule has 0 bridgehead atoms. The molecular formula is C29H35F3N8O2. The molecule has 1 N–H and O–H groups in total. The number of nitrogens with one attached hydrogen (secondary N) is 1. The fraction of sp³-hybridized carbons (Fsp3) is 0.517. The van der Waals surface area contributed by atoms with Gasteiger partial charge in [-0.1, -0.05) is 6.58 Å². The van der Waals surface area contributed by atoms with Gasteiger partial charge in [0.25, 0.3) is 11.8 Å². The van der Waals surface area contributed by atoms with Crippen LogP contribution in [0.15, 0.2) is 24.7 Å². The molecule has 3 aliphatic heterocycles. The number of ether oxygens (including phenoxy) is 1. The molecule has 224 valence electrons. The van der Waals surface area contributed by atoms with Crippen molar-refractivity contribution in [2.75, 3.05) is 62.7 Å². The zero-order chi connectivity index (χ0) is 29.8. The second-order valence-electron chi connectivity index (χ2n) is 11.5. The van der Waals surface area contributed by atoms with Crippen LogP contribution in [-0.2, 0) is 17.8 Å². The smallest absolute Gasteiger partial charge is 0.318 e. The Bertz CT molecular complexity index is 1530. The van der Waals surface area contributed by atoms with Crippen LogP contribution in [0.4, 0.5) is 24.7 Å². The third-order valence-electron chi connectivity index (χ3n) is 8.71. The highest BCUT2D eigenvalue weighted by molar-refractivity contribution is 5.94. The summed E-state index contributed by atoms with van der Waals surface area (Å²) in [6.45, 7) is 9.85. The first-order chi connectivity index (χ1) is 20.0. The lowest BCUT2D eigenvalue weighted by atomic mass is 9.99. The van der Waals surface area contributed by atoms with E-state index in [1.807, 2.05) is 6.20 Å². The number of amides is 1. The molecule has 3 aromatic rings. The van der Waals surface area contributed by atoms with Gasteiger partial charge in [-0.25, -0.2) is 13.2 Å². The lowest BCUT2D eigenvalue weighted by molar-refractivity contribution is -0.128. The number of piperazine rings is 1. The summed E-state index contributed by atoms with van der Waals surface area (Å²) in [6.07, 6.45) is 2.24. The standard InChI is InChI=1S/C29H35F3N8O2/c1-17-11-23-22(13-33-36-23)25(18(17)2)40-6-5-21-24(14-40)34-28(42-15-20-12-29(31,32)16-37(20)4)35-26(21)38-7-9-39(10-8-38)27(41)19(3)30/h11,13,20H,3,5-10,12,14-16H2,1-2,4H3,(H,33,36)/t20-/m0/s1. The normalized spacial score (nSPS) is 20.7. The highest BCUT2D eigenvalue weighted by Gasteiger charge is 2.43. The predicted molar refractivity (Wildman–Crippen MR) is 153 cm³/mol. The van der Waals surface area contributed by atoms with Gasteiger partial charge in [0.15, 0.2) is 5.83 Å². The first-order valence-electron chi connectivity index (χ1n) is 14.2. The number of likely N-dealkylation sites (N-methyl/N-ethyl adjacent to an activating group) is 1. The molecule has 0 saturated carbocycles. The highest BCUT2D eigenvalue weighted by Crippen LogP contribution is 2.37. The number of anilines is 2. The number of likely N-dealkylation sites (tertiary alicyclic amines) is 1. The zero-order valence-electron chi connectivity index (χ0n) is 24.1. The van der Waals surface area contributed by atoms with Crippen molar-refractivity contribution in [1.29, 1.82) is 0 Å². The number of aromatic amines is 1. The maximum atomic E-state index is 14.0. The van der Waals surface area contributed by atoms with Crippen LogP contribution in [0.2, 0.25) is 0 Å². The average Bonchev–Trinajstić information content (AvgIpc) is 3.52. The molecule has 0 radical (unpaired) electrons. The molecule has 1 atom stereocenters. The SMILES string of the molecule is C=C(F)C(=O)N1CCN(c2nc(OC[C@@H]3CC(F)(F)CN3C)nc3c2CCN(c2c(C)c(C)cc4[nH]ncc24)C3)CC1. The first kappa shape index (κ1) is 28.3. The van der Waals surface area contributed by atoms with Crippen LogP contribution in [0.1, 0.15) is 28.8 Å². The molecule has 0 spiro atoms. The Kier molecular flexibility index (Phi) is 7.24. The van der Waals surface area contributed by atoms with Gasteiger partial charge >= 0.3 is 6.01 Å². The molecular weight excluding hydrogens is 549 g/mol. The van der Waals surface area contributed by atoms with Crippen molar-refractivity contribution in [3.63, 3.8) is 0 Å². The quantitative estimate of drug-likeness (QED) is 0.441. The van der Waals surface area contributed by atoms with Crippen LogP contribution < -0.4 is 14.5 Å². The van der Waals surface area contributed by atoms with Gasteiger partial charge < -0.3 is 19.4 Å². The van der Waals surface area contributed by atoms with Crippen molar-refractivity contribution >= 4 is 28.3 Å². The third-order valence-corrected chi connectivity index (χ3v) is 8.71. The Balaban J connectivity index is 1.31. The van der Waals surface area contributed by atoms with Crippen LogP contribution in [0.25, 0.3) is 10.9 Å². The minimum absolute atomic E-state index is 0.0432. The average molecular weight is 585 g/mol. The number of fused-ring (bicyclic) bond motifs is 2. The minimum Gasteiger partial charge on any atom is -0.462 e. The molecule has 3 aliphatic rings. The number of H-pyrrole nitrogens is 1. The number of carbonyl (C=O) groups excluding carboxylic acids is 1. The summed E-state index contributed by atoms with van der Waals surface area (Å²) in [5, 5.41) is 8.37. The molecule has 1 aromatic carbocycles. The molecule has 0 aliphatic carbocycles. The van der Waals surface area contributed by atoms with E-state index in [9.17, 15) is 18.0 Å². The monoisotopic (exact) mass is 584 g/mol. The van der Waals surface area contributed by atoms with Crippen molar-refractivity contribution in [1.82, 2.24) is 30.0 Å². The number of alkyl halides is 2. The second-order valence-corrected chi connectivity index (χ2v) is 11.5. The maximum Gasteiger partial charge on any atom is 0.318 e. The molecule has 2 saturated heterocycles. The molecule has 13 heteroatoms. The largest absolute Gasteiger partial charge is 0.462 e. The summed E-state index contributed by atoms with van der Waals surface area (Å²) in [5.41, 5.74) is 6.18. The molecule has 1 amide bonds. The topological polar surface area (TPSA) is 93.7 Å². The number of halogens is 3. The van der Waals surface area contributed by atoms with Crippen LogP contribution in [0, 0.1) is 13.8 Å². The van der Waals surface area contributed by atoms with Crippen LogP contribution in [-0.4, -0.2) is 101 Å². The van der Waals surface area contributed by atoms with Gasteiger partial charge in [0.2, 0.25) is 0 Å². The summed E-state index contributed by atoms with van der Waals surface area (Å²) < 4.78 is 47.5. The van der Waals surface area contributed by atoms with Crippen molar-refractivity contribution in [3.05, 3.63) is 47.1 Å². The Labute approximate surface area is 242 Å². The molecule has 10 nitrogen and oxygen atoms in total. The number of aryl methyl sites for hydroxylation is 1. The third kappa shape index (κ3) is 5.25. The van der Waals surface area contributed by atoms with E-state index in [4.69, 9.17) is 14.7 Å². The van der Waals surface area contributed by atoms with E-state index in [0.29, 0.717) is 45.0 Å². The molecule has 2 fully saturated rings. The minimum atomic E-state index is -2.75. The lowest BCUT2D eigenvalue weighted by Gasteiger charge is -2.38. The number of aromatic nitrogens is 4. The van der Waals surface area contributed by atoms with E-state index in [1.54, 1.807) is 11.9 Å². The Hall–Kier alpha value is -3.87. The summed E-state index contributed by atoms with van der Waals surface area (Å²) in [6, 6.07) is 1.78. The van der Waals surface area contributed by atoms with Crippen molar-refractivity contribution in [3.8, 4) is 6.01 Å². The number of rotatable bonds is 6. The number of hydrogen-bond acceptors (Lipinski definition) is 8. The van der Waals surface area contributed by atoms with Gasteiger partial charge in [-0.3, -0.25) is 14.8 Å². The van der Waals surface area contributed by atoms with Crippen LogP contribution in [0.3, 0.4) is 0 Å². The molecule has 6 rings (SSSR count). The lowest BCUT2D eigenvalue weighted by Crippen LogP contribution is -2.49. The van der Waals surface area contributed by atoms with Crippen molar-refractivity contribution in [2.24, 2.45) is 0 Å². The van der Waals surface area contributed by atoms with Gasteiger partial charge in [-0.15, -0.1) is 0 Å². The van der Waals surface area contributed by atoms with E-state index in [1.165, 1.54) is 10.5 Å². The van der Waals surface area contributed by atoms with E-state index in [2.05, 4.69) is 46.5 Å². The number of nitrogens with zero attached hydrogens (tertiary/aromatic N) is 7. The number of carbonyl (C=O) groups is 1. The van der Waals surface area contributed by atoms with E-state index < -0.39 is 23.7 Å². The van der Waals surface area contributed by atoms with Crippen molar-refractivity contribution < 1.29 is 22.7 Å². The molecule has 5 heterocycles. The molecule has 2 aromatic heterocycles. The molecule has 42 heavy (non-hydrogen) atoms. The molecule has 0 unspecified atom stereocenters. The Morgan fingerprint density at radius 1 is 1.17 bits per heavy atom. The first-order valence-corrected chi connectivity index (χ1v) is 14.2. The Morgan fingerprint density at radius 3 is 2.62 bits per heavy atom. The maximum absolute atomic E-state index is 14.0. The summed E-state index contributed by atoms with van der Waals surface area (Å²) >= 11 is 0. The van der Waals surface area contributed by atoms with E-state index in [0.717, 1.165) is 40.0 Å². The zero-order valence-corrected chi connectivity index (χ0v) is 24.1. The number of benzene rings is 1. The predicted octanol–water partition coefficient (Wildman–Crippen LogP) is 3.38. The summed E-state index contributed by atoms with van der Waals surface area (Å²) in [5.74, 6) is -3.72. The fourth-order valence-electron chi connectivity index (χ4n) is 6.33. The number of hydrogen-bond donors (Lipinski definition) is 1. The van der Waals surface area contributed by atoms with Gasteiger partial charge in [0, 0.05) is 56.1 Å². The van der Waals surface area contributed by atoms with E-state index >= 15 is 0 Å². The van der Waals surface area contributed by atoms with Gasteiger partial charge in [-0.05, 0) is 44.5 Å². The fourth-order valence-corrected chi connectivity index (χ4v) is 6.33. The second kappa shape index (κ2) is 10.8. The van der Waals surface area contributed by atoms with E-state index in [-0.39, 0.29) is 25.6 Å². The van der Waals surface area contributed by atoms with Crippen LogP contribution >= 0.6 is 0 Å². The van der Waals surface area contributed by atoms with Crippen molar-refractivity contribution in [2.45, 2.75) is 45.2 Å². The van der Waals surface area contributed by atoms with Gasteiger partial charge in [-0.2, -0.15) is 15.1 Å². The summed E-state index contributed by atoms with van der Waals surface area (Å²) in [7, 11) is 1.67. The van der Waals surface area contributed by atoms with Crippen LogP contribution in [0.5, 0.6) is 6.01 Å². The highest BCUT2D eigenvalue weighted by atomic mass is 19.3. The summed E-state index contributed by atoms with van der Waals surface area (Å²) in [4.78, 5) is 29.1. The van der Waals surface area contributed by atoms with Gasteiger partial charge in [0.05, 0.1) is 36.2 Å². The van der Waals surface area contributed by atoms with Gasteiger partial charge in [0.1, 0.15) is 12.4 Å². The Morgan fingerprint density at radius 2 is 1.93 bits per heavy atom.